The van der Waals surface area contributed by atoms with Crippen molar-refractivity contribution < 1.29 is 14.4 Å². The molecule has 1 aliphatic rings. The average molecular weight is 400 g/mol. The Morgan fingerprint density at radius 3 is 2.46 bits per heavy atom. The Kier molecular flexibility index (Phi) is 5.71. The molecule has 5 N–H and O–H groups in total. The number of aromatic amines is 2. The van der Waals surface area contributed by atoms with Gasteiger partial charge in [-0.25, -0.2) is 4.79 Å². The topological polar surface area (TPSA) is 155 Å². The van der Waals surface area contributed by atoms with Crippen molar-refractivity contribution in [2.45, 2.75) is 17.7 Å². The maximum absolute atomic E-state index is 12.2. The van der Waals surface area contributed by atoms with Crippen LogP contribution < -0.4 is 22.3 Å². The van der Waals surface area contributed by atoms with Gasteiger partial charge in [-0.1, -0.05) is 42.1 Å². The lowest BCUT2D eigenvalue weighted by Gasteiger charge is -2.07. The van der Waals surface area contributed by atoms with Crippen molar-refractivity contribution >= 4 is 34.8 Å². The first-order valence-electron chi connectivity index (χ1n) is 8.23. The van der Waals surface area contributed by atoms with Crippen LogP contribution in [0.5, 0.6) is 0 Å². The number of ketones is 1. The predicted molar refractivity (Wildman–Crippen MR) is 104 cm³/mol. The average Bonchev–Trinajstić information content (AvgIpc) is 2.96. The van der Waals surface area contributed by atoms with Crippen LogP contribution in [-0.4, -0.2) is 32.1 Å². The molecule has 0 radical (unpaired) electrons. The smallest absolute Gasteiger partial charge is 0.316 e. The SMILES string of the molecule is NC(C(=O)C=Cc1ccc(CC2SC(=O)NC2=O)cc1)c1cc(=O)[nH]c(=O)[nH]1. The molecule has 2 aromatic rings. The Bertz CT molecular complexity index is 1040. The van der Waals surface area contributed by atoms with E-state index in [1.165, 1.54) is 6.08 Å². The third-order valence-electron chi connectivity index (χ3n) is 4.03. The molecule has 2 unspecified atom stereocenters. The molecule has 144 valence electrons. The lowest BCUT2D eigenvalue weighted by atomic mass is 10.0. The summed E-state index contributed by atoms with van der Waals surface area (Å²) in [6.45, 7) is 0. The highest BCUT2D eigenvalue weighted by Gasteiger charge is 2.31. The van der Waals surface area contributed by atoms with E-state index in [9.17, 15) is 24.0 Å². The van der Waals surface area contributed by atoms with Crippen molar-refractivity contribution in [2.24, 2.45) is 5.73 Å². The van der Waals surface area contributed by atoms with Gasteiger partial charge in [0.2, 0.25) is 5.91 Å². The third-order valence-corrected chi connectivity index (χ3v) is 5.01. The van der Waals surface area contributed by atoms with Crippen LogP contribution in [0.3, 0.4) is 0 Å². The first kappa shape index (κ1) is 19.5. The fourth-order valence-electron chi connectivity index (χ4n) is 2.60. The zero-order valence-corrected chi connectivity index (χ0v) is 15.2. The molecule has 28 heavy (non-hydrogen) atoms. The second kappa shape index (κ2) is 8.19. The highest BCUT2D eigenvalue weighted by atomic mass is 32.2. The summed E-state index contributed by atoms with van der Waals surface area (Å²) >= 11 is 0.968. The zero-order chi connectivity index (χ0) is 20.3. The monoisotopic (exact) mass is 400 g/mol. The molecule has 2 heterocycles. The van der Waals surface area contributed by atoms with E-state index in [2.05, 4.69) is 10.3 Å². The van der Waals surface area contributed by atoms with Gasteiger partial charge in [0.05, 0.1) is 5.25 Å². The molecule has 0 saturated carbocycles. The predicted octanol–water partition coefficient (Wildman–Crippen LogP) is 0.240. The van der Waals surface area contributed by atoms with Crippen LogP contribution in [0, 0.1) is 0 Å². The summed E-state index contributed by atoms with van der Waals surface area (Å²) in [7, 11) is 0. The van der Waals surface area contributed by atoms with Gasteiger partial charge in [-0.05, 0) is 23.6 Å². The molecule has 0 spiro atoms. The van der Waals surface area contributed by atoms with E-state index in [-0.39, 0.29) is 16.8 Å². The van der Waals surface area contributed by atoms with Crippen LogP contribution >= 0.6 is 11.8 Å². The Morgan fingerprint density at radius 2 is 1.86 bits per heavy atom. The maximum Gasteiger partial charge on any atom is 0.325 e. The van der Waals surface area contributed by atoms with Gasteiger partial charge in [-0.15, -0.1) is 0 Å². The Morgan fingerprint density at radius 1 is 1.14 bits per heavy atom. The summed E-state index contributed by atoms with van der Waals surface area (Å²) in [6.07, 6.45) is 3.24. The van der Waals surface area contributed by atoms with E-state index >= 15 is 0 Å². The normalized spacial score (nSPS) is 17.7. The summed E-state index contributed by atoms with van der Waals surface area (Å²) in [5.74, 6) is -0.779. The molecular weight excluding hydrogens is 384 g/mol. The number of amides is 2. The second-order valence-electron chi connectivity index (χ2n) is 6.09. The van der Waals surface area contributed by atoms with E-state index in [4.69, 9.17) is 5.73 Å². The van der Waals surface area contributed by atoms with Gasteiger partial charge in [0.1, 0.15) is 6.04 Å². The van der Waals surface area contributed by atoms with E-state index in [0.717, 1.165) is 29.0 Å². The summed E-state index contributed by atoms with van der Waals surface area (Å²) in [5.41, 5.74) is 6.04. The van der Waals surface area contributed by atoms with Gasteiger partial charge in [0, 0.05) is 11.8 Å². The van der Waals surface area contributed by atoms with Crippen molar-refractivity contribution in [3.05, 3.63) is 74.1 Å². The number of hydrogen-bond acceptors (Lipinski definition) is 7. The summed E-state index contributed by atoms with van der Waals surface area (Å²) in [5, 5.41) is 1.46. The number of carbonyl (C=O) groups excluding carboxylic acids is 3. The molecule has 2 amide bonds. The lowest BCUT2D eigenvalue weighted by Crippen LogP contribution is -2.29. The molecule has 0 aliphatic carbocycles. The molecule has 2 atom stereocenters. The number of nitrogens with one attached hydrogen (secondary N) is 3. The first-order valence-corrected chi connectivity index (χ1v) is 9.11. The van der Waals surface area contributed by atoms with Gasteiger partial charge in [-0.2, -0.15) is 0 Å². The highest BCUT2D eigenvalue weighted by molar-refractivity contribution is 8.15. The van der Waals surface area contributed by atoms with E-state index in [1.54, 1.807) is 30.3 Å². The molecule has 9 nitrogen and oxygen atoms in total. The maximum atomic E-state index is 12.2. The van der Waals surface area contributed by atoms with Crippen molar-refractivity contribution in [1.29, 1.82) is 0 Å². The Balaban J connectivity index is 1.64. The van der Waals surface area contributed by atoms with Crippen molar-refractivity contribution in [2.75, 3.05) is 0 Å². The molecular formula is C18H16N4O5S. The molecule has 1 saturated heterocycles. The number of aromatic nitrogens is 2. The number of carbonyl (C=O) groups is 3. The van der Waals surface area contributed by atoms with Gasteiger partial charge < -0.3 is 10.7 Å². The quantitative estimate of drug-likeness (QED) is 0.506. The number of imide groups is 1. The zero-order valence-electron chi connectivity index (χ0n) is 14.4. The highest BCUT2D eigenvalue weighted by Crippen LogP contribution is 2.23. The number of nitrogens with two attached hydrogens (primary N) is 1. The largest absolute Gasteiger partial charge is 0.325 e. The van der Waals surface area contributed by atoms with Crippen molar-refractivity contribution in [1.82, 2.24) is 15.3 Å². The van der Waals surface area contributed by atoms with Crippen molar-refractivity contribution in [3.63, 3.8) is 0 Å². The Labute approximate surface area is 162 Å². The van der Waals surface area contributed by atoms with E-state index in [1.807, 2.05) is 4.98 Å². The number of rotatable bonds is 6. The molecule has 0 bridgehead atoms. The van der Waals surface area contributed by atoms with E-state index in [0.29, 0.717) is 6.42 Å². The molecule has 3 rings (SSSR count). The van der Waals surface area contributed by atoms with Gasteiger partial charge >= 0.3 is 5.69 Å². The Hall–Kier alpha value is -3.24. The minimum Gasteiger partial charge on any atom is -0.316 e. The fourth-order valence-corrected chi connectivity index (χ4v) is 3.46. The minimum atomic E-state index is -1.17. The second-order valence-corrected chi connectivity index (χ2v) is 7.26. The van der Waals surface area contributed by atoms with Crippen LogP contribution in [0.25, 0.3) is 6.08 Å². The number of thioether (sulfide) groups is 1. The van der Waals surface area contributed by atoms with Crippen LogP contribution in [0.15, 0.2) is 46.0 Å². The van der Waals surface area contributed by atoms with Crippen LogP contribution in [-0.2, 0) is 16.0 Å². The standard InChI is InChI=1S/C18H16N4O5S/c19-15(11-8-14(24)21-17(26)20-11)12(23)6-5-9-1-3-10(4-2-9)7-13-16(25)22-18(27)28-13/h1-6,8,13,15H,7,19H2,(H,22,25,27)(H2,20,21,24,26). The third kappa shape index (κ3) is 4.72. The van der Waals surface area contributed by atoms with Crippen LogP contribution in [0.1, 0.15) is 22.9 Å². The van der Waals surface area contributed by atoms with Crippen LogP contribution in [0.2, 0.25) is 0 Å². The van der Waals surface area contributed by atoms with Gasteiger partial charge in [0.25, 0.3) is 10.8 Å². The molecule has 1 aromatic heterocycles. The fraction of sp³-hybridized carbons (Fsp3) is 0.167. The van der Waals surface area contributed by atoms with Gasteiger partial charge in [-0.3, -0.25) is 29.5 Å². The first-order chi connectivity index (χ1) is 13.3. The molecule has 10 heteroatoms. The van der Waals surface area contributed by atoms with E-state index < -0.39 is 28.3 Å². The lowest BCUT2D eigenvalue weighted by molar-refractivity contribution is -0.119. The number of hydrogen-bond donors (Lipinski definition) is 4. The summed E-state index contributed by atoms with van der Waals surface area (Å²) < 4.78 is 0. The van der Waals surface area contributed by atoms with Crippen molar-refractivity contribution in [3.8, 4) is 0 Å². The molecule has 1 fully saturated rings. The van der Waals surface area contributed by atoms with Crippen LogP contribution in [0.4, 0.5) is 4.79 Å². The minimum absolute atomic E-state index is 0.0284. The summed E-state index contributed by atoms with van der Waals surface area (Å²) in [6, 6.07) is 7.03. The molecule has 1 aromatic carbocycles. The molecule has 1 aliphatic heterocycles. The summed E-state index contributed by atoms with van der Waals surface area (Å²) in [4.78, 5) is 61.9. The van der Waals surface area contributed by atoms with Gasteiger partial charge in [0.15, 0.2) is 5.78 Å². The number of benzene rings is 1. The number of H-pyrrole nitrogens is 2.